The van der Waals surface area contributed by atoms with Crippen molar-refractivity contribution in [3.05, 3.63) is 39.9 Å². The van der Waals surface area contributed by atoms with Crippen molar-refractivity contribution in [3.8, 4) is 0 Å². The molecule has 114 valence electrons. The Morgan fingerprint density at radius 2 is 1.90 bits per heavy atom. The zero-order valence-electron chi connectivity index (χ0n) is 12.0. The Morgan fingerprint density at radius 3 is 2.38 bits per heavy atom. The number of halogens is 2. The topological polar surface area (TPSA) is 66.4 Å². The summed E-state index contributed by atoms with van der Waals surface area (Å²) in [6, 6.07) is 3.92. The van der Waals surface area contributed by atoms with Gasteiger partial charge in [-0.05, 0) is 29.2 Å². The normalized spacial score (nSPS) is 13.2. The zero-order chi connectivity index (χ0) is 16.2. The van der Waals surface area contributed by atoms with Gasteiger partial charge in [-0.3, -0.25) is 4.79 Å². The van der Waals surface area contributed by atoms with Crippen LogP contribution in [0.3, 0.4) is 0 Å². The van der Waals surface area contributed by atoms with Crippen LogP contribution in [0.25, 0.3) is 6.08 Å². The number of hydrogen-bond donors (Lipinski definition) is 2. The largest absolute Gasteiger partial charge is 0.480 e. The fraction of sp³-hybridized carbons (Fsp3) is 0.333. The van der Waals surface area contributed by atoms with E-state index in [0.29, 0.717) is 15.6 Å². The Morgan fingerprint density at radius 1 is 1.29 bits per heavy atom. The Bertz CT molecular complexity index is 577. The summed E-state index contributed by atoms with van der Waals surface area (Å²) in [7, 11) is 0. The van der Waals surface area contributed by atoms with E-state index < -0.39 is 23.3 Å². The third-order valence-electron chi connectivity index (χ3n) is 2.78. The van der Waals surface area contributed by atoms with Gasteiger partial charge in [0.2, 0.25) is 5.91 Å². The highest BCUT2D eigenvalue weighted by Gasteiger charge is 2.31. The number of carboxylic acid groups (broad SMARTS) is 1. The van der Waals surface area contributed by atoms with Gasteiger partial charge in [-0.2, -0.15) is 0 Å². The molecule has 0 bridgehead atoms. The minimum atomic E-state index is -1.08. The lowest BCUT2D eigenvalue weighted by Crippen LogP contribution is -2.48. The molecule has 0 unspecified atom stereocenters. The van der Waals surface area contributed by atoms with Crippen LogP contribution in [0.2, 0.25) is 10.0 Å². The maximum absolute atomic E-state index is 11.8. The molecule has 21 heavy (non-hydrogen) atoms. The molecule has 1 atom stereocenters. The van der Waals surface area contributed by atoms with Crippen LogP contribution in [-0.4, -0.2) is 23.0 Å². The van der Waals surface area contributed by atoms with Crippen LogP contribution in [0.1, 0.15) is 26.3 Å². The lowest BCUT2D eigenvalue weighted by Gasteiger charge is -2.27. The molecule has 4 nitrogen and oxygen atoms in total. The molecule has 1 amide bonds. The second-order valence-corrected chi connectivity index (χ2v) is 6.49. The highest BCUT2D eigenvalue weighted by Crippen LogP contribution is 2.22. The number of carboxylic acids is 1. The minimum absolute atomic E-state index is 0.414. The first-order valence-corrected chi connectivity index (χ1v) is 7.03. The molecule has 0 heterocycles. The Labute approximate surface area is 133 Å². The van der Waals surface area contributed by atoms with Crippen molar-refractivity contribution in [2.75, 3.05) is 0 Å². The van der Waals surface area contributed by atoms with E-state index >= 15 is 0 Å². The van der Waals surface area contributed by atoms with E-state index in [1.54, 1.807) is 39.0 Å². The molecule has 0 saturated carbocycles. The summed E-state index contributed by atoms with van der Waals surface area (Å²) in [6.45, 7) is 5.23. The van der Waals surface area contributed by atoms with Gasteiger partial charge >= 0.3 is 5.97 Å². The quantitative estimate of drug-likeness (QED) is 0.829. The molecule has 0 aliphatic carbocycles. The van der Waals surface area contributed by atoms with E-state index in [1.807, 2.05) is 0 Å². The Balaban J connectivity index is 2.81. The molecule has 1 aromatic rings. The lowest BCUT2D eigenvalue weighted by atomic mass is 9.87. The second kappa shape index (κ2) is 6.96. The third-order valence-corrected chi connectivity index (χ3v) is 3.34. The molecular formula is C15H17Cl2NO3. The van der Waals surface area contributed by atoms with Crippen molar-refractivity contribution in [1.82, 2.24) is 5.32 Å². The predicted molar refractivity (Wildman–Crippen MR) is 84.5 cm³/mol. The summed E-state index contributed by atoms with van der Waals surface area (Å²) < 4.78 is 0. The van der Waals surface area contributed by atoms with Crippen molar-refractivity contribution in [2.24, 2.45) is 5.41 Å². The SMILES string of the molecule is CC(C)(C)[C@@H](NC(=O)/C=C/c1ccc(Cl)cc1Cl)C(=O)O. The van der Waals surface area contributed by atoms with E-state index in [2.05, 4.69) is 5.32 Å². The van der Waals surface area contributed by atoms with E-state index in [-0.39, 0.29) is 0 Å². The smallest absolute Gasteiger partial charge is 0.326 e. The molecule has 0 spiro atoms. The Kier molecular flexibility index (Phi) is 5.81. The molecule has 0 fully saturated rings. The van der Waals surface area contributed by atoms with Gasteiger partial charge in [-0.1, -0.05) is 50.0 Å². The fourth-order valence-electron chi connectivity index (χ4n) is 1.64. The number of carbonyl (C=O) groups excluding carboxylic acids is 1. The summed E-state index contributed by atoms with van der Waals surface area (Å²) in [4.78, 5) is 23.0. The molecule has 1 aromatic carbocycles. The van der Waals surface area contributed by atoms with Gasteiger partial charge in [0.25, 0.3) is 0 Å². The van der Waals surface area contributed by atoms with Crippen LogP contribution in [0.4, 0.5) is 0 Å². The molecule has 0 saturated heterocycles. The van der Waals surface area contributed by atoms with E-state index in [9.17, 15) is 9.59 Å². The van der Waals surface area contributed by atoms with Crippen molar-refractivity contribution in [1.29, 1.82) is 0 Å². The lowest BCUT2D eigenvalue weighted by molar-refractivity contribution is -0.144. The maximum Gasteiger partial charge on any atom is 0.326 e. The Hall–Kier alpha value is -1.52. The third kappa shape index (κ3) is 5.40. The summed E-state index contributed by atoms with van der Waals surface area (Å²) >= 11 is 11.8. The molecule has 0 radical (unpaired) electrons. The van der Waals surface area contributed by atoms with Crippen LogP contribution in [0.15, 0.2) is 24.3 Å². The number of carbonyl (C=O) groups is 2. The van der Waals surface area contributed by atoms with Gasteiger partial charge in [-0.15, -0.1) is 0 Å². The average Bonchev–Trinajstić information content (AvgIpc) is 2.33. The van der Waals surface area contributed by atoms with Crippen LogP contribution < -0.4 is 5.32 Å². The monoisotopic (exact) mass is 329 g/mol. The highest BCUT2D eigenvalue weighted by molar-refractivity contribution is 6.35. The van der Waals surface area contributed by atoms with Crippen LogP contribution in [-0.2, 0) is 9.59 Å². The van der Waals surface area contributed by atoms with Crippen LogP contribution in [0.5, 0.6) is 0 Å². The number of rotatable bonds is 4. The number of benzene rings is 1. The van der Waals surface area contributed by atoms with Gasteiger partial charge in [0.1, 0.15) is 6.04 Å². The second-order valence-electron chi connectivity index (χ2n) is 5.65. The van der Waals surface area contributed by atoms with E-state index in [1.165, 1.54) is 12.2 Å². The minimum Gasteiger partial charge on any atom is -0.480 e. The first kappa shape index (κ1) is 17.5. The standard InChI is InChI=1S/C15H17Cl2NO3/c1-15(2,3)13(14(20)21)18-12(19)7-5-9-4-6-10(16)8-11(9)17/h4-8,13H,1-3H3,(H,18,19)(H,20,21)/b7-5+/t13-/m0/s1. The molecule has 0 aliphatic heterocycles. The number of nitrogens with one attached hydrogen (secondary N) is 1. The molecule has 0 aliphatic rings. The number of amides is 1. The average molecular weight is 330 g/mol. The van der Waals surface area contributed by atoms with Crippen molar-refractivity contribution in [2.45, 2.75) is 26.8 Å². The van der Waals surface area contributed by atoms with Crippen LogP contribution >= 0.6 is 23.2 Å². The summed E-state index contributed by atoms with van der Waals surface area (Å²) in [5.74, 6) is -1.57. The van der Waals surface area contributed by atoms with Gasteiger partial charge in [0, 0.05) is 16.1 Å². The van der Waals surface area contributed by atoms with Crippen molar-refractivity contribution < 1.29 is 14.7 Å². The summed E-state index contributed by atoms with van der Waals surface area (Å²) in [5, 5.41) is 12.5. The van der Waals surface area contributed by atoms with E-state index in [4.69, 9.17) is 28.3 Å². The molecule has 1 rings (SSSR count). The summed E-state index contributed by atoms with van der Waals surface area (Å²) in [5.41, 5.74) is 0.0339. The first-order chi connectivity index (χ1) is 9.61. The van der Waals surface area contributed by atoms with Gasteiger partial charge in [-0.25, -0.2) is 4.79 Å². The molecule has 2 N–H and O–H groups in total. The summed E-state index contributed by atoms with van der Waals surface area (Å²) in [6.07, 6.45) is 2.76. The van der Waals surface area contributed by atoms with Gasteiger partial charge in [0.05, 0.1) is 0 Å². The number of hydrogen-bond acceptors (Lipinski definition) is 2. The predicted octanol–water partition coefficient (Wildman–Crippen LogP) is 3.62. The highest BCUT2D eigenvalue weighted by atomic mass is 35.5. The van der Waals surface area contributed by atoms with E-state index in [0.717, 1.165) is 0 Å². The fourth-order valence-corrected chi connectivity index (χ4v) is 2.11. The van der Waals surface area contributed by atoms with Gasteiger partial charge < -0.3 is 10.4 Å². The molecular weight excluding hydrogens is 313 g/mol. The molecule has 0 aromatic heterocycles. The molecule has 6 heteroatoms. The zero-order valence-corrected chi connectivity index (χ0v) is 13.5. The number of aliphatic carboxylic acids is 1. The van der Waals surface area contributed by atoms with Gasteiger partial charge in [0.15, 0.2) is 0 Å². The first-order valence-electron chi connectivity index (χ1n) is 6.27. The van der Waals surface area contributed by atoms with Crippen LogP contribution in [0, 0.1) is 5.41 Å². The maximum atomic E-state index is 11.8. The van der Waals surface area contributed by atoms with Crippen molar-refractivity contribution >= 4 is 41.2 Å². The van der Waals surface area contributed by atoms with Crippen molar-refractivity contribution in [3.63, 3.8) is 0 Å².